The minimum Gasteiger partial charge on any atom is -0.465 e. The third kappa shape index (κ3) is 6.10. The normalized spacial score (nSPS) is 15.3. The van der Waals surface area contributed by atoms with Gasteiger partial charge in [0.25, 0.3) is 0 Å². The molecular formula is C12H17ClNO4P. The zero-order chi connectivity index (χ0) is 14.3. The van der Waals surface area contributed by atoms with E-state index in [-0.39, 0.29) is 0 Å². The van der Waals surface area contributed by atoms with Crippen LogP contribution >= 0.6 is 18.1 Å². The van der Waals surface area contributed by atoms with Gasteiger partial charge in [-0.1, -0.05) is 25.1 Å². The molecule has 0 bridgehead atoms. The Morgan fingerprint density at radius 3 is 2.63 bits per heavy atom. The lowest BCUT2D eigenvalue weighted by atomic mass is 10.3. The predicted octanol–water partition coefficient (Wildman–Crippen LogP) is 3.34. The van der Waals surface area contributed by atoms with Crippen molar-refractivity contribution in [2.24, 2.45) is 0 Å². The zero-order valence-electron chi connectivity index (χ0n) is 10.8. The summed E-state index contributed by atoms with van der Waals surface area (Å²) in [7, 11) is 0. The molecular weight excluding hydrogens is 289 g/mol. The summed E-state index contributed by atoms with van der Waals surface area (Å²) in [6.07, 6.45) is 0.720. The molecule has 1 N–H and O–H groups in total. The van der Waals surface area contributed by atoms with Crippen molar-refractivity contribution in [3.05, 3.63) is 30.3 Å². The summed E-state index contributed by atoms with van der Waals surface area (Å²) < 4.78 is 22.0. The molecule has 0 aromatic heterocycles. The van der Waals surface area contributed by atoms with Gasteiger partial charge in [0.15, 0.2) is 0 Å². The van der Waals surface area contributed by atoms with Crippen molar-refractivity contribution in [2.45, 2.75) is 26.3 Å². The van der Waals surface area contributed by atoms with Crippen LogP contribution in [0.25, 0.3) is 0 Å². The SMILES string of the molecule is CCCOC(=O)[C@H](C)NP(=O)(Cl)Oc1ccccc1. The first-order chi connectivity index (χ1) is 8.94. The van der Waals surface area contributed by atoms with Crippen LogP contribution in [0, 0.1) is 0 Å². The molecule has 19 heavy (non-hydrogen) atoms. The number of carbonyl (C=O) groups excluding carboxylic acids is 1. The average molecular weight is 306 g/mol. The Morgan fingerprint density at radius 1 is 1.42 bits per heavy atom. The van der Waals surface area contributed by atoms with Crippen LogP contribution in [0.15, 0.2) is 30.3 Å². The van der Waals surface area contributed by atoms with E-state index in [1.165, 1.54) is 6.92 Å². The smallest absolute Gasteiger partial charge is 0.409 e. The van der Waals surface area contributed by atoms with Gasteiger partial charge in [-0.25, -0.2) is 9.65 Å². The van der Waals surface area contributed by atoms with E-state index in [0.29, 0.717) is 12.4 Å². The second-order valence-electron chi connectivity index (χ2n) is 3.90. The molecule has 2 atom stereocenters. The molecule has 0 aliphatic carbocycles. The van der Waals surface area contributed by atoms with Crippen molar-refractivity contribution < 1.29 is 18.6 Å². The van der Waals surface area contributed by atoms with Gasteiger partial charge in [0.05, 0.1) is 6.61 Å². The number of benzene rings is 1. The van der Waals surface area contributed by atoms with Crippen LogP contribution in [0.5, 0.6) is 5.75 Å². The summed E-state index contributed by atoms with van der Waals surface area (Å²) in [5.41, 5.74) is 0. The first-order valence-electron chi connectivity index (χ1n) is 5.93. The minimum atomic E-state index is -3.64. The largest absolute Gasteiger partial charge is 0.465 e. The van der Waals surface area contributed by atoms with E-state index in [1.54, 1.807) is 30.3 Å². The maximum Gasteiger partial charge on any atom is 0.409 e. The van der Waals surface area contributed by atoms with Crippen LogP contribution in [0.4, 0.5) is 0 Å². The fourth-order valence-corrected chi connectivity index (χ4v) is 2.95. The van der Waals surface area contributed by atoms with Crippen LogP contribution in [0.3, 0.4) is 0 Å². The van der Waals surface area contributed by atoms with Gasteiger partial charge in [0.1, 0.15) is 11.8 Å². The van der Waals surface area contributed by atoms with E-state index >= 15 is 0 Å². The highest BCUT2D eigenvalue weighted by Crippen LogP contribution is 2.48. The van der Waals surface area contributed by atoms with Gasteiger partial charge in [-0.05, 0) is 25.5 Å². The quantitative estimate of drug-likeness (QED) is 0.618. The zero-order valence-corrected chi connectivity index (χ0v) is 12.5. The summed E-state index contributed by atoms with van der Waals surface area (Å²) >= 11 is 5.76. The van der Waals surface area contributed by atoms with Crippen LogP contribution in [0.1, 0.15) is 20.3 Å². The van der Waals surface area contributed by atoms with Crippen molar-refractivity contribution in [1.29, 1.82) is 0 Å². The van der Waals surface area contributed by atoms with Crippen LogP contribution < -0.4 is 9.61 Å². The second-order valence-corrected chi connectivity index (χ2v) is 6.64. The van der Waals surface area contributed by atoms with Gasteiger partial charge in [0, 0.05) is 11.2 Å². The van der Waals surface area contributed by atoms with E-state index in [1.807, 2.05) is 6.92 Å². The van der Waals surface area contributed by atoms with E-state index in [2.05, 4.69) is 5.09 Å². The fourth-order valence-electron chi connectivity index (χ4n) is 1.25. The van der Waals surface area contributed by atoms with Crippen LogP contribution in [-0.2, 0) is 14.1 Å². The Morgan fingerprint density at radius 2 is 2.05 bits per heavy atom. The molecule has 0 radical (unpaired) electrons. The molecule has 106 valence electrons. The van der Waals surface area contributed by atoms with Gasteiger partial charge < -0.3 is 9.26 Å². The Bertz CT molecular complexity index is 454. The number of hydrogen-bond acceptors (Lipinski definition) is 4. The molecule has 0 saturated carbocycles. The number of ether oxygens (including phenoxy) is 1. The number of esters is 1. The molecule has 0 spiro atoms. The summed E-state index contributed by atoms with van der Waals surface area (Å²) in [6.45, 7) is 0.0818. The molecule has 1 rings (SSSR count). The third-order valence-corrected chi connectivity index (χ3v) is 3.76. The number of carbonyl (C=O) groups is 1. The minimum absolute atomic E-state index is 0.316. The van der Waals surface area contributed by atoms with Gasteiger partial charge in [-0.2, -0.15) is 0 Å². The number of nitrogens with one attached hydrogen (secondary N) is 1. The van der Waals surface area contributed by atoms with Crippen molar-refractivity contribution >= 4 is 24.1 Å². The molecule has 0 heterocycles. The summed E-state index contributed by atoms with van der Waals surface area (Å²) in [5.74, 6) is -0.151. The van der Waals surface area contributed by atoms with Crippen molar-refractivity contribution in [2.75, 3.05) is 6.61 Å². The summed E-state index contributed by atoms with van der Waals surface area (Å²) in [4.78, 5) is 11.5. The molecule has 0 saturated heterocycles. The highest BCUT2D eigenvalue weighted by molar-refractivity contribution is 7.84. The Hall–Kier alpha value is -1.03. The van der Waals surface area contributed by atoms with Crippen LogP contribution in [0.2, 0.25) is 0 Å². The van der Waals surface area contributed by atoms with E-state index < -0.39 is 18.9 Å². The first-order valence-corrected chi connectivity index (χ1v) is 8.46. The number of para-hydroxylation sites is 1. The lowest BCUT2D eigenvalue weighted by Crippen LogP contribution is -2.33. The Balaban J connectivity index is 2.54. The van der Waals surface area contributed by atoms with E-state index in [4.69, 9.17) is 20.5 Å². The molecule has 0 aliphatic heterocycles. The molecule has 1 unspecified atom stereocenters. The predicted molar refractivity (Wildman–Crippen MR) is 74.4 cm³/mol. The fraction of sp³-hybridized carbons (Fsp3) is 0.417. The van der Waals surface area contributed by atoms with Crippen molar-refractivity contribution in [1.82, 2.24) is 5.09 Å². The van der Waals surface area contributed by atoms with Crippen LogP contribution in [-0.4, -0.2) is 18.6 Å². The summed E-state index contributed by atoms with van der Waals surface area (Å²) in [5, 5.41) is 2.44. The first kappa shape index (κ1) is 16.0. The average Bonchev–Trinajstić information content (AvgIpc) is 2.35. The second kappa shape index (κ2) is 7.53. The maximum absolute atomic E-state index is 12.0. The third-order valence-electron chi connectivity index (χ3n) is 2.12. The standard InChI is InChI=1S/C12H17ClNO4P/c1-3-9-17-12(15)10(2)14-19(13,16)18-11-7-5-4-6-8-11/h4-8,10H,3,9H2,1-2H3,(H,14,16)/t10-,19?/m0/s1. The van der Waals surface area contributed by atoms with Gasteiger partial charge in [-0.15, -0.1) is 0 Å². The van der Waals surface area contributed by atoms with Crippen molar-refractivity contribution in [3.63, 3.8) is 0 Å². The van der Waals surface area contributed by atoms with Gasteiger partial charge in [0.2, 0.25) is 0 Å². The highest BCUT2D eigenvalue weighted by atomic mass is 35.7. The maximum atomic E-state index is 12.0. The molecule has 7 heteroatoms. The molecule has 1 aromatic rings. The monoisotopic (exact) mass is 305 g/mol. The molecule has 0 fully saturated rings. The Kier molecular flexibility index (Phi) is 6.35. The molecule has 1 aromatic carbocycles. The lowest BCUT2D eigenvalue weighted by Gasteiger charge is -2.18. The number of hydrogen-bond donors (Lipinski definition) is 1. The van der Waals surface area contributed by atoms with Gasteiger partial charge in [-0.3, -0.25) is 4.79 Å². The van der Waals surface area contributed by atoms with E-state index in [0.717, 1.165) is 6.42 Å². The number of halogens is 1. The van der Waals surface area contributed by atoms with Gasteiger partial charge >= 0.3 is 12.8 Å². The number of rotatable bonds is 7. The molecule has 0 amide bonds. The molecule has 0 aliphatic rings. The van der Waals surface area contributed by atoms with Crippen molar-refractivity contribution in [3.8, 4) is 5.75 Å². The molecule has 5 nitrogen and oxygen atoms in total. The van der Waals surface area contributed by atoms with E-state index in [9.17, 15) is 9.36 Å². The topological polar surface area (TPSA) is 64.6 Å². The lowest BCUT2D eigenvalue weighted by molar-refractivity contribution is -0.145. The Labute approximate surface area is 117 Å². The highest BCUT2D eigenvalue weighted by Gasteiger charge is 2.27. The summed E-state index contributed by atoms with van der Waals surface area (Å²) in [6, 6.07) is 7.69.